The van der Waals surface area contributed by atoms with Crippen molar-refractivity contribution in [3.05, 3.63) is 0 Å². The molecule has 0 aromatic carbocycles. The van der Waals surface area contributed by atoms with Gasteiger partial charge in [-0.3, -0.25) is 4.79 Å². The smallest absolute Gasteiger partial charge is 0.298 e. The molecular weight excluding hydrogens is 154 g/mol. The molecule has 1 N–H and O–H groups in total. The van der Waals surface area contributed by atoms with Crippen molar-refractivity contribution in [1.29, 1.82) is 0 Å². The van der Waals surface area contributed by atoms with E-state index in [-0.39, 0.29) is 12.0 Å². The highest BCUT2D eigenvalue weighted by Gasteiger charge is 2.17. The van der Waals surface area contributed by atoms with Crippen LogP contribution in [0.3, 0.4) is 0 Å². The van der Waals surface area contributed by atoms with Gasteiger partial charge in [-0.05, 0) is 25.2 Å². The number of terminal acetylenes is 1. The van der Waals surface area contributed by atoms with Crippen LogP contribution in [0.1, 0.15) is 19.3 Å². The second-order valence-corrected chi connectivity index (χ2v) is 3.02. The van der Waals surface area contributed by atoms with Crippen molar-refractivity contribution in [3.63, 3.8) is 0 Å². The average Bonchev–Trinajstić information content (AvgIpc) is 2.29. The van der Waals surface area contributed by atoms with Crippen LogP contribution < -0.4 is 0 Å². The highest BCUT2D eigenvalue weighted by atomic mass is 16.3. The zero-order valence-electron chi connectivity index (χ0n) is 6.99. The van der Waals surface area contributed by atoms with Gasteiger partial charge in [0.15, 0.2) is 0 Å². The molecule has 0 aliphatic carbocycles. The Bertz CT molecular complexity index is 207. The molecule has 1 amide bonds. The number of hydrogen-bond donors (Lipinski definition) is 1. The molecule has 1 atom stereocenters. The number of amides is 1. The number of aliphatic hydroxyl groups is 1. The van der Waals surface area contributed by atoms with E-state index >= 15 is 0 Å². The molecule has 1 aliphatic rings. The summed E-state index contributed by atoms with van der Waals surface area (Å²) < 4.78 is 0. The van der Waals surface area contributed by atoms with Crippen molar-refractivity contribution >= 4 is 5.91 Å². The number of aliphatic hydroxyl groups excluding tert-OH is 1. The summed E-state index contributed by atoms with van der Waals surface area (Å²) in [6.45, 7) is 1.27. The normalized spacial score (nSPS) is 24.3. The Hall–Kier alpha value is -1.01. The Morgan fingerprint density at radius 1 is 1.50 bits per heavy atom. The van der Waals surface area contributed by atoms with E-state index in [4.69, 9.17) is 6.42 Å². The van der Waals surface area contributed by atoms with Crippen LogP contribution in [0.25, 0.3) is 0 Å². The fourth-order valence-corrected chi connectivity index (χ4v) is 1.37. The Morgan fingerprint density at radius 3 is 2.92 bits per heavy atom. The fourth-order valence-electron chi connectivity index (χ4n) is 1.37. The van der Waals surface area contributed by atoms with Gasteiger partial charge in [-0.25, -0.2) is 0 Å². The molecule has 0 spiro atoms. The lowest BCUT2D eigenvalue weighted by molar-refractivity contribution is -0.125. The number of nitrogens with zero attached hydrogens (tertiary/aromatic N) is 1. The molecule has 1 saturated heterocycles. The van der Waals surface area contributed by atoms with Crippen LogP contribution in [-0.4, -0.2) is 35.1 Å². The molecule has 3 nitrogen and oxygen atoms in total. The van der Waals surface area contributed by atoms with E-state index in [0.717, 1.165) is 12.8 Å². The van der Waals surface area contributed by atoms with Gasteiger partial charge < -0.3 is 10.0 Å². The standard InChI is InChI=1S/C9H13NO2/c1-2-9(12)10-6-3-4-8(11)5-7-10/h1,8,11H,3-7H2. The van der Waals surface area contributed by atoms with E-state index in [9.17, 15) is 9.90 Å². The summed E-state index contributed by atoms with van der Waals surface area (Å²) in [7, 11) is 0. The summed E-state index contributed by atoms with van der Waals surface area (Å²) in [6.07, 6.45) is 6.98. The van der Waals surface area contributed by atoms with Crippen molar-refractivity contribution in [3.8, 4) is 12.3 Å². The van der Waals surface area contributed by atoms with E-state index in [1.807, 2.05) is 0 Å². The molecule has 1 rings (SSSR count). The van der Waals surface area contributed by atoms with Crippen LogP contribution in [-0.2, 0) is 4.79 Å². The minimum atomic E-state index is -0.263. The zero-order valence-corrected chi connectivity index (χ0v) is 6.99. The zero-order chi connectivity index (χ0) is 8.97. The number of rotatable bonds is 0. The van der Waals surface area contributed by atoms with Gasteiger partial charge in [0.1, 0.15) is 0 Å². The Morgan fingerprint density at radius 2 is 2.25 bits per heavy atom. The molecular formula is C9H13NO2. The van der Waals surface area contributed by atoms with E-state index in [1.165, 1.54) is 0 Å². The Kier molecular flexibility index (Phi) is 3.12. The minimum Gasteiger partial charge on any atom is -0.393 e. The monoisotopic (exact) mass is 167 g/mol. The van der Waals surface area contributed by atoms with Crippen LogP contribution in [0.2, 0.25) is 0 Å². The maximum absolute atomic E-state index is 11.0. The van der Waals surface area contributed by atoms with Crippen LogP contribution in [0, 0.1) is 12.3 Å². The van der Waals surface area contributed by atoms with Crippen LogP contribution in [0.5, 0.6) is 0 Å². The molecule has 0 radical (unpaired) electrons. The van der Waals surface area contributed by atoms with E-state index in [1.54, 1.807) is 4.90 Å². The molecule has 1 fully saturated rings. The Balaban J connectivity index is 2.47. The summed E-state index contributed by atoms with van der Waals surface area (Å²) in [4.78, 5) is 12.7. The first-order valence-electron chi connectivity index (χ1n) is 4.17. The molecule has 66 valence electrons. The lowest BCUT2D eigenvalue weighted by atomic mass is 10.2. The highest BCUT2D eigenvalue weighted by molar-refractivity contribution is 5.92. The van der Waals surface area contributed by atoms with E-state index < -0.39 is 0 Å². The van der Waals surface area contributed by atoms with Gasteiger partial charge >= 0.3 is 0 Å². The molecule has 1 unspecified atom stereocenters. The quantitative estimate of drug-likeness (QED) is 0.516. The lowest BCUT2D eigenvalue weighted by Gasteiger charge is -2.16. The van der Waals surface area contributed by atoms with Crippen molar-refractivity contribution in [1.82, 2.24) is 4.90 Å². The van der Waals surface area contributed by atoms with Gasteiger partial charge in [0.05, 0.1) is 6.10 Å². The first-order valence-corrected chi connectivity index (χ1v) is 4.17. The van der Waals surface area contributed by atoms with Crippen LogP contribution >= 0.6 is 0 Å². The molecule has 0 aromatic heterocycles. The molecule has 1 aliphatic heterocycles. The summed E-state index contributed by atoms with van der Waals surface area (Å²) in [5.74, 6) is 1.82. The molecule has 0 aromatic rings. The fraction of sp³-hybridized carbons (Fsp3) is 0.667. The third-order valence-corrected chi connectivity index (χ3v) is 2.11. The maximum Gasteiger partial charge on any atom is 0.298 e. The second kappa shape index (κ2) is 4.13. The summed E-state index contributed by atoms with van der Waals surface area (Å²) in [6, 6.07) is 0. The number of hydrogen-bond acceptors (Lipinski definition) is 2. The second-order valence-electron chi connectivity index (χ2n) is 3.02. The SMILES string of the molecule is C#CC(=O)N1CCCC(O)CC1. The average molecular weight is 167 g/mol. The predicted molar refractivity (Wildman–Crippen MR) is 45.3 cm³/mol. The van der Waals surface area contributed by atoms with Gasteiger partial charge in [0, 0.05) is 13.1 Å². The largest absolute Gasteiger partial charge is 0.393 e. The van der Waals surface area contributed by atoms with Crippen LogP contribution in [0.4, 0.5) is 0 Å². The molecule has 3 heteroatoms. The first-order chi connectivity index (χ1) is 5.74. The molecule has 0 saturated carbocycles. The number of carbonyl (C=O) groups is 1. The minimum absolute atomic E-state index is 0.260. The topological polar surface area (TPSA) is 40.5 Å². The maximum atomic E-state index is 11.0. The number of likely N-dealkylation sites (tertiary alicyclic amines) is 1. The van der Waals surface area contributed by atoms with Crippen molar-refractivity contribution < 1.29 is 9.90 Å². The number of carbonyl (C=O) groups excluding carboxylic acids is 1. The summed E-state index contributed by atoms with van der Waals surface area (Å²) >= 11 is 0. The van der Waals surface area contributed by atoms with E-state index in [0.29, 0.717) is 19.5 Å². The third kappa shape index (κ3) is 2.24. The summed E-state index contributed by atoms with van der Waals surface area (Å²) in [5, 5.41) is 9.27. The van der Waals surface area contributed by atoms with Crippen LogP contribution in [0.15, 0.2) is 0 Å². The van der Waals surface area contributed by atoms with Gasteiger partial charge in [-0.1, -0.05) is 0 Å². The van der Waals surface area contributed by atoms with Gasteiger partial charge in [-0.15, -0.1) is 6.42 Å². The predicted octanol–water partition coefficient (Wildman–Crippen LogP) is -0.00700. The van der Waals surface area contributed by atoms with Crippen molar-refractivity contribution in [2.45, 2.75) is 25.4 Å². The van der Waals surface area contributed by atoms with E-state index in [2.05, 4.69) is 5.92 Å². The first kappa shape index (κ1) is 9.08. The Labute approximate surface area is 72.4 Å². The van der Waals surface area contributed by atoms with Gasteiger partial charge in [0.25, 0.3) is 5.91 Å². The van der Waals surface area contributed by atoms with Gasteiger partial charge in [0.2, 0.25) is 0 Å². The highest BCUT2D eigenvalue weighted by Crippen LogP contribution is 2.10. The molecule has 12 heavy (non-hydrogen) atoms. The van der Waals surface area contributed by atoms with Crippen molar-refractivity contribution in [2.75, 3.05) is 13.1 Å². The third-order valence-electron chi connectivity index (χ3n) is 2.11. The van der Waals surface area contributed by atoms with Gasteiger partial charge in [-0.2, -0.15) is 0 Å². The molecule has 0 bridgehead atoms. The van der Waals surface area contributed by atoms with Crippen molar-refractivity contribution in [2.24, 2.45) is 0 Å². The summed E-state index contributed by atoms with van der Waals surface area (Å²) in [5.41, 5.74) is 0. The lowest BCUT2D eigenvalue weighted by Crippen LogP contribution is -2.30. The molecule has 1 heterocycles.